The highest BCUT2D eigenvalue weighted by molar-refractivity contribution is 6.02. The third-order valence-corrected chi connectivity index (χ3v) is 3.79. The summed E-state index contributed by atoms with van der Waals surface area (Å²) in [5, 5.41) is 12.2. The van der Waals surface area contributed by atoms with Gasteiger partial charge in [0, 0.05) is 11.6 Å². The average Bonchev–Trinajstić information content (AvgIpc) is 3.04. The van der Waals surface area contributed by atoms with Gasteiger partial charge in [0.05, 0.1) is 14.2 Å². The van der Waals surface area contributed by atoms with Crippen LogP contribution in [-0.2, 0) is 4.79 Å². The number of carbonyl (C=O) groups is 1. The van der Waals surface area contributed by atoms with Gasteiger partial charge in [-0.1, -0.05) is 25.0 Å². The molecule has 0 radical (unpaired) electrons. The Morgan fingerprint density at radius 2 is 2.05 bits per heavy atom. The zero-order valence-corrected chi connectivity index (χ0v) is 12.9. The van der Waals surface area contributed by atoms with E-state index in [0.717, 1.165) is 25.7 Å². The van der Waals surface area contributed by atoms with Crippen LogP contribution in [0.25, 0.3) is 6.08 Å². The van der Waals surface area contributed by atoms with Gasteiger partial charge in [0.25, 0.3) is 5.91 Å². The fourth-order valence-electron chi connectivity index (χ4n) is 2.66. The molecule has 1 aromatic rings. The SMILES string of the molecule is COc1cccc(/C=C(\C#N)C(=O)NC2CCCC2)c1OC. The van der Waals surface area contributed by atoms with E-state index in [-0.39, 0.29) is 17.5 Å². The van der Waals surface area contributed by atoms with E-state index in [4.69, 9.17) is 9.47 Å². The number of amides is 1. The lowest BCUT2D eigenvalue weighted by Gasteiger charge is -2.12. The van der Waals surface area contributed by atoms with Crippen molar-refractivity contribution in [3.05, 3.63) is 29.3 Å². The minimum Gasteiger partial charge on any atom is -0.493 e. The highest BCUT2D eigenvalue weighted by atomic mass is 16.5. The Morgan fingerprint density at radius 1 is 1.32 bits per heavy atom. The van der Waals surface area contributed by atoms with Crippen molar-refractivity contribution in [3.8, 4) is 17.6 Å². The summed E-state index contributed by atoms with van der Waals surface area (Å²) in [4.78, 5) is 12.2. The van der Waals surface area contributed by atoms with Crippen LogP contribution >= 0.6 is 0 Å². The first-order valence-corrected chi connectivity index (χ1v) is 7.33. The molecule has 0 spiro atoms. The maximum absolute atomic E-state index is 12.2. The monoisotopic (exact) mass is 300 g/mol. The highest BCUT2D eigenvalue weighted by Crippen LogP contribution is 2.32. The van der Waals surface area contributed by atoms with Crippen molar-refractivity contribution in [2.75, 3.05) is 14.2 Å². The largest absolute Gasteiger partial charge is 0.493 e. The van der Waals surface area contributed by atoms with Crippen LogP contribution < -0.4 is 14.8 Å². The van der Waals surface area contributed by atoms with Gasteiger partial charge in [-0.25, -0.2) is 0 Å². The second-order valence-electron chi connectivity index (χ2n) is 5.21. The van der Waals surface area contributed by atoms with E-state index in [1.165, 1.54) is 13.2 Å². The van der Waals surface area contributed by atoms with E-state index in [1.54, 1.807) is 25.3 Å². The van der Waals surface area contributed by atoms with Crippen molar-refractivity contribution in [2.45, 2.75) is 31.7 Å². The Kier molecular flexibility index (Phi) is 5.42. The van der Waals surface area contributed by atoms with Gasteiger partial charge in [0.2, 0.25) is 0 Å². The van der Waals surface area contributed by atoms with Crippen LogP contribution in [0.4, 0.5) is 0 Å². The number of hydrogen-bond acceptors (Lipinski definition) is 4. The van der Waals surface area contributed by atoms with Gasteiger partial charge in [-0.05, 0) is 25.0 Å². The summed E-state index contributed by atoms with van der Waals surface area (Å²) in [6, 6.07) is 7.48. The summed E-state index contributed by atoms with van der Waals surface area (Å²) in [5.74, 6) is 0.732. The van der Waals surface area contributed by atoms with Crippen LogP contribution in [0.1, 0.15) is 31.2 Å². The van der Waals surface area contributed by atoms with Gasteiger partial charge in [0.1, 0.15) is 11.6 Å². The number of carbonyl (C=O) groups excluding carboxylic acids is 1. The predicted molar refractivity (Wildman–Crippen MR) is 83.5 cm³/mol. The van der Waals surface area contributed by atoms with Gasteiger partial charge >= 0.3 is 0 Å². The van der Waals surface area contributed by atoms with Crippen LogP contribution in [0.5, 0.6) is 11.5 Å². The Morgan fingerprint density at radius 3 is 2.64 bits per heavy atom. The van der Waals surface area contributed by atoms with Crippen LogP contribution in [0, 0.1) is 11.3 Å². The van der Waals surface area contributed by atoms with E-state index >= 15 is 0 Å². The minimum absolute atomic E-state index is 0.0680. The summed E-state index contributed by atoms with van der Waals surface area (Å²) < 4.78 is 10.5. The zero-order chi connectivity index (χ0) is 15.9. The van der Waals surface area contributed by atoms with Crippen molar-refractivity contribution in [1.82, 2.24) is 5.32 Å². The molecular weight excluding hydrogens is 280 g/mol. The maximum Gasteiger partial charge on any atom is 0.262 e. The van der Waals surface area contributed by atoms with Crippen molar-refractivity contribution in [3.63, 3.8) is 0 Å². The summed E-state index contributed by atoms with van der Waals surface area (Å²) >= 11 is 0. The first kappa shape index (κ1) is 15.9. The molecule has 0 atom stereocenters. The Balaban J connectivity index is 2.25. The second-order valence-corrected chi connectivity index (χ2v) is 5.21. The smallest absolute Gasteiger partial charge is 0.262 e. The van der Waals surface area contributed by atoms with Crippen molar-refractivity contribution in [1.29, 1.82) is 5.26 Å². The van der Waals surface area contributed by atoms with Crippen molar-refractivity contribution >= 4 is 12.0 Å². The molecule has 1 saturated carbocycles. The first-order valence-electron chi connectivity index (χ1n) is 7.33. The number of hydrogen-bond donors (Lipinski definition) is 1. The molecule has 0 aromatic heterocycles. The third kappa shape index (κ3) is 3.59. The third-order valence-electron chi connectivity index (χ3n) is 3.79. The first-order chi connectivity index (χ1) is 10.7. The van der Waals surface area contributed by atoms with E-state index in [9.17, 15) is 10.1 Å². The molecule has 1 fully saturated rings. The average molecular weight is 300 g/mol. The minimum atomic E-state index is -0.334. The van der Waals surface area contributed by atoms with E-state index in [1.807, 2.05) is 6.07 Å². The van der Waals surface area contributed by atoms with Crippen LogP contribution in [-0.4, -0.2) is 26.2 Å². The predicted octanol–water partition coefficient (Wildman–Crippen LogP) is 2.67. The molecule has 0 aliphatic heterocycles. The lowest BCUT2D eigenvalue weighted by Crippen LogP contribution is -2.33. The number of para-hydroxylation sites is 1. The lowest BCUT2D eigenvalue weighted by atomic mass is 10.1. The van der Waals surface area contributed by atoms with Crippen LogP contribution in [0.3, 0.4) is 0 Å². The number of nitriles is 1. The van der Waals surface area contributed by atoms with E-state index in [0.29, 0.717) is 17.1 Å². The molecule has 116 valence electrons. The topological polar surface area (TPSA) is 71.3 Å². The second kappa shape index (κ2) is 7.51. The fourth-order valence-corrected chi connectivity index (χ4v) is 2.66. The van der Waals surface area contributed by atoms with Crippen molar-refractivity contribution < 1.29 is 14.3 Å². The number of rotatable bonds is 5. The molecule has 0 saturated heterocycles. The van der Waals surface area contributed by atoms with Crippen LogP contribution in [0.15, 0.2) is 23.8 Å². The highest BCUT2D eigenvalue weighted by Gasteiger charge is 2.20. The molecule has 5 heteroatoms. The molecular formula is C17H20N2O3. The molecule has 0 heterocycles. The maximum atomic E-state index is 12.2. The summed E-state index contributed by atoms with van der Waals surface area (Å²) in [6.07, 6.45) is 5.74. The molecule has 1 aliphatic carbocycles. The van der Waals surface area contributed by atoms with E-state index in [2.05, 4.69) is 5.32 Å². The van der Waals surface area contributed by atoms with Crippen LogP contribution in [0.2, 0.25) is 0 Å². The molecule has 22 heavy (non-hydrogen) atoms. The zero-order valence-electron chi connectivity index (χ0n) is 12.9. The molecule has 1 N–H and O–H groups in total. The summed E-state index contributed by atoms with van der Waals surface area (Å²) in [6.45, 7) is 0. The summed E-state index contributed by atoms with van der Waals surface area (Å²) in [7, 11) is 3.07. The Bertz CT molecular complexity index is 611. The standard InChI is InChI=1S/C17H20N2O3/c1-21-15-9-5-6-12(16(15)22-2)10-13(11-18)17(20)19-14-7-3-4-8-14/h5-6,9-10,14H,3-4,7-8H2,1-2H3,(H,19,20)/b13-10+. The summed E-state index contributed by atoms with van der Waals surface area (Å²) in [5.41, 5.74) is 0.707. The molecule has 1 aliphatic rings. The number of methoxy groups -OCH3 is 2. The Hall–Kier alpha value is -2.48. The number of nitrogens with zero attached hydrogens (tertiary/aromatic N) is 1. The molecule has 1 amide bonds. The number of benzene rings is 1. The molecule has 5 nitrogen and oxygen atoms in total. The van der Waals surface area contributed by atoms with Gasteiger partial charge in [-0.15, -0.1) is 0 Å². The lowest BCUT2D eigenvalue weighted by molar-refractivity contribution is -0.117. The Labute approximate surface area is 130 Å². The molecule has 0 unspecified atom stereocenters. The van der Waals surface area contributed by atoms with Gasteiger partial charge in [-0.2, -0.15) is 5.26 Å². The van der Waals surface area contributed by atoms with Crippen molar-refractivity contribution in [2.24, 2.45) is 0 Å². The molecule has 2 rings (SSSR count). The van der Waals surface area contributed by atoms with Gasteiger partial charge < -0.3 is 14.8 Å². The fraction of sp³-hybridized carbons (Fsp3) is 0.412. The number of ether oxygens (including phenoxy) is 2. The van der Waals surface area contributed by atoms with Gasteiger partial charge in [-0.3, -0.25) is 4.79 Å². The normalized spacial score (nSPS) is 15.2. The molecule has 1 aromatic carbocycles. The van der Waals surface area contributed by atoms with E-state index < -0.39 is 0 Å². The number of nitrogens with one attached hydrogen (secondary N) is 1. The molecule has 0 bridgehead atoms. The quantitative estimate of drug-likeness (QED) is 0.670. The van der Waals surface area contributed by atoms with Gasteiger partial charge in [0.15, 0.2) is 11.5 Å².